The van der Waals surface area contributed by atoms with Crippen molar-refractivity contribution in [3.8, 4) is 11.3 Å². The number of aromatic nitrogens is 4. The molecule has 0 amide bonds. The quantitative estimate of drug-likeness (QED) is 0.636. The Morgan fingerprint density at radius 2 is 1.93 bits per heavy atom. The molecule has 0 atom stereocenters. The number of morpholine rings is 1. The van der Waals surface area contributed by atoms with Crippen LogP contribution in [0.4, 0.5) is 17.6 Å². The van der Waals surface area contributed by atoms with Gasteiger partial charge in [0, 0.05) is 37.9 Å². The Morgan fingerprint density at radius 3 is 2.73 bits per heavy atom. The van der Waals surface area contributed by atoms with Crippen molar-refractivity contribution in [2.75, 3.05) is 48.4 Å². The molecule has 0 spiro atoms. The van der Waals surface area contributed by atoms with Gasteiger partial charge in [-0.1, -0.05) is 32.6 Å². The van der Waals surface area contributed by atoms with E-state index >= 15 is 0 Å². The lowest BCUT2D eigenvalue weighted by Gasteiger charge is -2.28. The zero-order valence-corrected chi connectivity index (χ0v) is 17.9. The molecule has 162 valence electrons. The molecule has 2 aromatic heterocycles. The summed E-state index contributed by atoms with van der Waals surface area (Å²) in [6.45, 7) is 6.22. The SMILES string of the molecule is CCCCNc1ncc(-c2cc(N3CCOCC3)ncn2)c(NC2CCCCC2)n1. The fourth-order valence-electron chi connectivity index (χ4n) is 4.04. The molecular weight excluding hydrogens is 378 g/mol. The molecule has 1 aliphatic carbocycles. The molecular formula is C22H33N7O. The largest absolute Gasteiger partial charge is 0.378 e. The Morgan fingerprint density at radius 1 is 1.10 bits per heavy atom. The standard InChI is InChI=1S/C22H33N7O/c1-2-3-9-23-22-24-15-18(21(28-22)27-17-7-5-4-6-8-17)19-14-20(26-16-25-19)29-10-12-30-13-11-29/h14-17H,2-13H2,1H3,(H2,23,24,27,28). The maximum atomic E-state index is 5.47. The maximum Gasteiger partial charge on any atom is 0.224 e. The molecule has 0 bridgehead atoms. The number of hydrogen-bond donors (Lipinski definition) is 2. The van der Waals surface area contributed by atoms with Gasteiger partial charge in [0.15, 0.2) is 0 Å². The lowest BCUT2D eigenvalue weighted by atomic mass is 9.95. The molecule has 8 heteroatoms. The van der Waals surface area contributed by atoms with Crippen LogP contribution in [0, 0.1) is 0 Å². The van der Waals surface area contributed by atoms with Crippen molar-refractivity contribution in [2.24, 2.45) is 0 Å². The molecule has 0 aromatic carbocycles. The van der Waals surface area contributed by atoms with Crippen molar-refractivity contribution in [1.29, 1.82) is 0 Å². The highest BCUT2D eigenvalue weighted by Crippen LogP contribution is 2.30. The van der Waals surface area contributed by atoms with Gasteiger partial charge in [-0.05, 0) is 19.3 Å². The summed E-state index contributed by atoms with van der Waals surface area (Å²) in [4.78, 5) is 20.7. The highest BCUT2D eigenvalue weighted by atomic mass is 16.5. The Hall–Kier alpha value is -2.48. The summed E-state index contributed by atoms with van der Waals surface area (Å²) < 4.78 is 5.47. The van der Waals surface area contributed by atoms with Crippen LogP contribution in [-0.4, -0.2) is 58.8 Å². The molecule has 3 heterocycles. The molecule has 2 aromatic rings. The third-order valence-electron chi connectivity index (χ3n) is 5.81. The monoisotopic (exact) mass is 411 g/mol. The summed E-state index contributed by atoms with van der Waals surface area (Å²) in [5.41, 5.74) is 1.78. The summed E-state index contributed by atoms with van der Waals surface area (Å²) in [6.07, 6.45) is 12.0. The van der Waals surface area contributed by atoms with Crippen LogP contribution in [0.15, 0.2) is 18.6 Å². The van der Waals surface area contributed by atoms with Gasteiger partial charge < -0.3 is 20.3 Å². The van der Waals surface area contributed by atoms with E-state index in [2.05, 4.69) is 37.4 Å². The minimum Gasteiger partial charge on any atom is -0.378 e. The van der Waals surface area contributed by atoms with Gasteiger partial charge in [-0.25, -0.2) is 15.0 Å². The van der Waals surface area contributed by atoms with E-state index in [0.29, 0.717) is 12.0 Å². The molecule has 4 rings (SSSR count). The van der Waals surface area contributed by atoms with Crippen molar-refractivity contribution in [3.63, 3.8) is 0 Å². The van der Waals surface area contributed by atoms with Gasteiger partial charge in [-0.15, -0.1) is 0 Å². The van der Waals surface area contributed by atoms with Crippen molar-refractivity contribution in [1.82, 2.24) is 19.9 Å². The number of nitrogens with one attached hydrogen (secondary N) is 2. The Labute approximate surface area is 178 Å². The van der Waals surface area contributed by atoms with Crippen molar-refractivity contribution < 1.29 is 4.74 Å². The number of hydrogen-bond acceptors (Lipinski definition) is 8. The van der Waals surface area contributed by atoms with Crippen LogP contribution in [-0.2, 0) is 4.74 Å². The predicted molar refractivity (Wildman–Crippen MR) is 120 cm³/mol. The minimum absolute atomic E-state index is 0.455. The number of rotatable bonds is 8. The average molecular weight is 412 g/mol. The van der Waals surface area contributed by atoms with E-state index in [0.717, 1.165) is 68.6 Å². The molecule has 0 radical (unpaired) electrons. The Bertz CT molecular complexity index is 804. The zero-order valence-electron chi connectivity index (χ0n) is 17.9. The van der Waals surface area contributed by atoms with E-state index in [1.165, 1.54) is 32.1 Å². The highest BCUT2D eigenvalue weighted by Gasteiger charge is 2.19. The summed E-state index contributed by atoms with van der Waals surface area (Å²) in [5, 5.41) is 7.04. The maximum absolute atomic E-state index is 5.47. The van der Waals surface area contributed by atoms with E-state index in [-0.39, 0.29) is 0 Å². The first-order chi connectivity index (χ1) is 14.8. The van der Waals surface area contributed by atoms with Crippen LogP contribution >= 0.6 is 0 Å². The van der Waals surface area contributed by atoms with Crippen LogP contribution < -0.4 is 15.5 Å². The summed E-state index contributed by atoms with van der Waals surface area (Å²) >= 11 is 0. The minimum atomic E-state index is 0.455. The van der Waals surface area contributed by atoms with Gasteiger partial charge >= 0.3 is 0 Å². The molecule has 2 N–H and O–H groups in total. The van der Waals surface area contributed by atoms with Crippen molar-refractivity contribution in [3.05, 3.63) is 18.6 Å². The van der Waals surface area contributed by atoms with Gasteiger partial charge in [0.1, 0.15) is 18.0 Å². The normalized spacial score (nSPS) is 17.7. The molecule has 0 unspecified atom stereocenters. The Balaban J connectivity index is 1.60. The second kappa shape index (κ2) is 10.5. The first kappa shape index (κ1) is 20.8. The van der Waals surface area contributed by atoms with Crippen molar-refractivity contribution >= 4 is 17.6 Å². The van der Waals surface area contributed by atoms with Crippen molar-refractivity contribution in [2.45, 2.75) is 57.9 Å². The number of unbranched alkanes of at least 4 members (excludes halogenated alkanes) is 1. The molecule has 1 saturated heterocycles. The zero-order chi connectivity index (χ0) is 20.6. The Kier molecular flexibility index (Phi) is 7.29. The first-order valence-corrected chi connectivity index (χ1v) is 11.4. The molecule has 30 heavy (non-hydrogen) atoms. The summed E-state index contributed by atoms with van der Waals surface area (Å²) in [6, 6.07) is 2.50. The molecule has 8 nitrogen and oxygen atoms in total. The third kappa shape index (κ3) is 5.36. The number of ether oxygens (including phenoxy) is 1. The van der Waals surface area contributed by atoms with E-state index < -0.39 is 0 Å². The van der Waals surface area contributed by atoms with Crippen LogP contribution in [0.5, 0.6) is 0 Å². The van der Waals surface area contributed by atoms with Crippen LogP contribution in [0.3, 0.4) is 0 Å². The second-order valence-corrected chi connectivity index (χ2v) is 8.08. The lowest BCUT2D eigenvalue weighted by Crippen LogP contribution is -2.36. The molecule has 2 aliphatic rings. The summed E-state index contributed by atoms with van der Waals surface area (Å²) in [7, 11) is 0. The van der Waals surface area contributed by atoms with Gasteiger partial charge in [-0.2, -0.15) is 4.98 Å². The van der Waals surface area contributed by atoms with E-state index in [4.69, 9.17) is 9.72 Å². The molecule has 1 saturated carbocycles. The fraction of sp³-hybridized carbons (Fsp3) is 0.636. The summed E-state index contributed by atoms with van der Waals surface area (Å²) in [5.74, 6) is 2.47. The third-order valence-corrected chi connectivity index (χ3v) is 5.81. The van der Waals surface area contributed by atoms with Crippen LogP contribution in [0.2, 0.25) is 0 Å². The highest BCUT2D eigenvalue weighted by molar-refractivity contribution is 5.74. The van der Waals surface area contributed by atoms with E-state index in [9.17, 15) is 0 Å². The average Bonchev–Trinajstić information content (AvgIpc) is 2.81. The fourth-order valence-corrected chi connectivity index (χ4v) is 4.04. The van der Waals surface area contributed by atoms with E-state index in [1.54, 1.807) is 6.33 Å². The topological polar surface area (TPSA) is 88.1 Å². The lowest BCUT2D eigenvalue weighted by molar-refractivity contribution is 0.122. The van der Waals surface area contributed by atoms with Gasteiger partial charge in [0.25, 0.3) is 0 Å². The van der Waals surface area contributed by atoms with Gasteiger partial charge in [0.05, 0.1) is 24.5 Å². The first-order valence-electron chi connectivity index (χ1n) is 11.4. The molecule has 2 fully saturated rings. The van der Waals surface area contributed by atoms with Gasteiger partial charge in [0.2, 0.25) is 5.95 Å². The van der Waals surface area contributed by atoms with Gasteiger partial charge in [-0.3, -0.25) is 0 Å². The van der Waals surface area contributed by atoms with Crippen LogP contribution in [0.1, 0.15) is 51.9 Å². The smallest absolute Gasteiger partial charge is 0.224 e. The number of anilines is 3. The van der Waals surface area contributed by atoms with E-state index in [1.807, 2.05) is 12.3 Å². The van der Waals surface area contributed by atoms with Crippen LogP contribution in [0.25, 0.3) is 11.3 Å². The molecule has 1 aliphatic heterocycles. The number of nitrogens with zero attached hydrogens (tertiary/aromatic N) is 5. The second-order valence-electron chi connectivity index (χ2n) is 8.08. The predicted octanol–water partition coefficient (Wildman–Crippen LogP) is 3.73.